The number of esters is 1. The number of hydrogen-bond donors (Lipinski definition) is 3. The van der Waals surface area contributed by atoms with Gasteiger partial charge in [0.2, 0.25) is 0 Å². The Labute approximate surface area is 464 Å². The van der Waals surface area contributed by atoms with E-state index >= 15 is 0 Å². The van der Waals surface area contributed by atoms with Crippen molar-refractivity contribution in [2.45, 2.75) is 181 Å². The summed E-state index contributed by atoms with van der Waals surface area (Å²) in [6, 6.07) is 30.4. The van der Waals surface area contributed by atoms with Crippen LogP contribution in [0, 0.1) is 5.92 Å². The molecule has 2 fully saturated rings. The quantitative estimate of drug-likeness (QED) is 0.0690. The van der Waals surface area contributed by atoms with Gasteiger partial charge in [-0.25, -0.2) is 14.2 Å². The number of ketones is 2. The van der Waals surface area contributed by atoms with E-state index in [0.717, 1.165) is 99.3 Å². The van der Waals surface area contributed by atoms with Crippen LogP contribution in [0.4, 0.5) is 4.79 Å². The van der Waals surface area contributed by atoms with E-state index in [1.54, 1.807) is 28.7 Å². The number of Topliss-reactive ketones (excluding diaryl/α,β-unsaturated/α-hetero) is 2. The number of carbonyl (C=O) groups is 4. The zero-order valence-electron chi connectivity index (χ0n) is 46.8. The highest BCUT2D eigenvalue weighted by Crippen LogP contribution is 2.30. The number of aryl methyl sites for hydroxylation is 8. The third-order valence-corrected chi connectivity index (χ3v) is 14.9. The SMILES string of the molecule is CCOC(C)=O.C[C@H]1C[C@@H](NC(=O)OC(C)(C)C)CC1OCc1cn(CC(=O)c2cc3ccc2CCc2ccc(cc2)CC3)nn1.N[C@H]1CC(OCc2cn(CC(=O)c3cc4ccc3CCc3ccc(cc3)CC4)nn2)[C@@H](N)C1. The molecular weight excluding hydrogens is 999 g/mol. The van der Waals surface area contributed by atoms with E-state index in [0.29, 0.717) is 37.1 Å². The van der Waals surface area contributed by atoms with Crippen molar-refractivity contribution in [3.63, 3.8) is 0 Å². The molecule has 420 valence electrons. The van der Waals surface area contributed by atoms with E-state index in [1.807, 2.05) is 20.8 Å². The Morgan fingerprint density at radius 1 is 0.608 bits per heavy atom. The average molecular weight is 1080 g/mol. The third kappa shape index (κ3) is 17.5. The van der Waals surface area contributed by atoms with Crippen molar-refractivity contribution in [3.05, 3.63) is 164 Å². The lowest BCUT2D eigenvalue weighted by Crippen LogP contribution is -2.38. The second-order valence-electron chi connectivity index (χ2n) is 22.6. The normalized spacial score (nSPS) is 20.4. The lowest BCUT2D eigenvalue weighted by Gasteiger charge is -2.21. The van der Waals surface area contributed by atoms with Gasteiger partial charge in [0.15, 0.2) is 11.6 Å². The average Bonchev–Trinajstić information content (AvgIpc) is 4.23. The van der Waals surface area contributed by atoms with Gasteiger partial charge in [0, 0.05) is 36.2 Å². The molecule has 16 rings (SSSR count). The van der Waals surface area contributed by atoms with Crippen molar-refractivity contribution in [2.24, 2.45) is 17.4 Å². The molecule has 0 radical (unpaired) electrons. The Morgan fingerprint density at radius 3 is 1.47 bits per heavy atom. The maximum atomic E-state index is 13.4. The Balaban J connectivity index is 0.000000191. The van der Waals surface area contributed by atoms with Crippen molar-refractivity contribution >= 4 is 23.6 Å². The molecule has 4 aromatic carbocycles. The predicted octanol–water partition coefficient (Wildman–Crippen LogP) is 8.20. The van der Waals surface area contributed by atoms with E-state index in [2.05, 4.69) is 123 Å². The molecule has 0 aliphatic heterocycles. The van der Waals surface area contributed by atoms with Crippen LogP contribution in [0.1, 0.15) is 144 Å². The van der Waals surface area contributed by atoms with Crippen LogP contribution < -0.4 is 16.8 Å². The van der Waals surface area contributed by atoms with Crippen LogP contribution in [0.5, 0.6) is 0 Å². The maximum Gasteiger partial charge on any atom is 0.407 e. The summed E-state index contributed by atoms with van der Waals surface area (Å²) in [6.45, 7) is 12.3. The van der Waals surface area contributed by atoms with E-state index in [9.17, 15) is 19.2 Å². The van der Waals surface area contributed by atoms with Gasteiger partial charge in [0.1, 0.15) is 30.1 Å². The summed E-state index contributed by atoms with van der Waals surface area (Å²) in [4.78, 5) is 48.6. The molecule has 2 heterocycles. The summed E-state index contributed by atoms with van der Waals surface area (Å²) in [6.07, 6.45) is 13.4. The van der Waals surface area contributed by atoms with Crippen LogP contribution in [-0.2, 0) is 101 Å². The van der Waals surface area contributed by atoms with E-state index < -0.39 is 11.7 Å². The fourth-order valence-electron chi connectivity index (χ4n) is 10.7. The summed E-state index contributed by atoms with van der Waals surface area (Å²) in [7, 11) is 0. The summed E-state index contributed by atoms with van der Waals surface area (Å²) >= 11 is 0. The molecule has 79 heavy (non-hydrogen) atoms. The highest BCUT2D eigenvalue weighted by atomic mass is 16.6. The number of amides is 1. The Bertz CT molecular complexity index is 3000. The number of carbonyl (C=O) groups excluding carboxylic acids is 4. The monoisotopic (exact) mass is 1080 g/mol. The number of benzene rings is 4. The smallest absolute Gasteiger partial charge is 0.407 e. The molecule has 2 unspecified atom stereocenters. The zero-order valence-corrected chi connectivity index (χ0v) is 46.8. The molecule has 5 N–H and O–H groups in total. The van der Waals surface area contributed by atoms with Crippen LogP contribution in [-0.4, -0.2) is 96.2 Å². The minimum Gasteiger partial charge on any atom is -0.466 e. The second-order valence-corrected chi connectivity index (χ2v) is 22.6. The van der Waals surface area contributed by atoms with E-state index in [-0.39, 0.29) is 61.0 Å². The molecule has 6 atom stereocenters. The first-order valence-electron chi connectivity index (χ1n) is 28.0. The summed E-state index contributed by atoms with van der Waals surface area (Å²) in [5.74, 6) is 0.178. The standard InChI is InChI=1S/C32H40N4O4.C26H31N5O2.C4H8O2/c1-21-15-26(33-31(38)40-32(2,3)4)17-30(21)39-20-27-18-36(35-34-27)19-29(37)28-16-24-10-9-22-5-7-23(8-6-22)11-13-25(28)14-12-24;27-21-12-24(28)26(13-21)33-16-22-14-31(30-29-22)15-25(32)23-11-19-6-5-17-1-3-18(4-2-17)7-9-20(23)10-8-19;1-3-6-4(2)5/h5-8,12,14,16,18,21,26,30H,9-11,13,15,17,19-20H2,1-4H3,(H,33,38);1-4,8,10-11,14,21,24,26H,5-7,9,12-13,15-16,27-28H2;3H2,1-2H3/t21-,26+,30?;21-,24+,26?;/m01./s1. The number of aromatic nitrogens is 6. The van der Waals surface area contributed by atoms with Crippen LogP contribution in [0.15, 0.2) is 97.3 Å². The molecular formula is C62H79N9O8. The Hall–Kier alpha value is -6.92. The number of nitrogens with one attached hydrogen (secondary N) is 1. The Kier molecular flexibility index (Phi) is 20.1. The molecule has 6 aromatic rings. The maximum absolute atomic E-state index is 13.4. The Morgan fingerprint density at radius 2 is 1.05 bits per heavy atom. The molecule has 0 saturated heterocycles. The van der Waals surface area contributed by atoms with Gasteiger partial charge in [-0.2, -0.15) is 0 Å². The van der Waals surface area contributed by atoms with Gasteiger partial charge in [-0.3, -0.25) is 14.4 Å². The minimum absolute atomic E-state index is 0.000142. The summed E-state index contributed by atoms with van der Waals surface area (Å²) in [5.41, 5.74) is 24.2. The number of rotatable bonds is 14. The van der Waals surface area contributed by atoms with Crippen LogP contribution in [0.25, 0.3) is 0 Å². The molecule has 2 saturated carbocycles. The number of alkyl carbamates (subject to hydrolysis) is 1. The van der Waals surface area contributed by atoms with Crippen molar-refractivity contribution in [3.8, 4) is 0 Å². The lowest BCUT2D eigenvalue weighted by molar-refractivity contribution is -0.140. The zero-order chi connectivity index (χ0) is 56.1. The van der Waals surface area contributed by atoms with E-state index in [4.69, 9.17) is 25.7 Å². The van der Waals surface area contributed by atoms with Crippen LogP contribution in [0.2, 0.25) is 0 Å². The lowest BCUT2D eigenvalue weighted by atomic mass is 9.92. The van der Waals surface area contributed by atoms with E-state index in [1.165, 1.54) is 40.3 Å². The largest absolute Gasteiger partial charge is 0.466 e. The fraction of sp³-hybridized carbons (Fsp3) is 0.484. The van der Waals surface area contributed by atoms with Crippen molar-refractivity contribution in [2.75, 3.05) is 6.61 Å². The van der Waals surface area contributed by atoms with Gasteiger partial charge in [0.25, 0.3) is 0 Å². The minimum atomic E-state index is -0.526. The van der Waals surface area contributed by atoms with Gasteiger partial charge in [-0.1, -0.05) is 90.1 Å². The highest BCUT2D eigenvalue weighted by molar-refractivity contribution is 5.98. The van der Waals surface area contributed by atoms with Gasteiger partial charge in [0.05, 0.1) is 44.4 Å². The molecule has 10 aliphatic carbocycles. The first kappa shape index (κ1) is 58.2. The van der Waals surface area contributed by atoms with Crippen molar-refractivity contribution < 1.29 is 38.1 Å². The van der Waals surface area contributed by atoms with Crippen LogP contribution in [0.3, 0.4) is 0 Å². The number of hydrogen-bond acceptors (Lipinski definition) is 14. The fourth-order valence-corrected chi connectivity index (χ4v) is 10.7. The number of nitrogens with two attached hydrogens (primary N) is 2. The molecule has 17 heteroatoms. The van der Waals surface area contributed by atoms with Gasteiger partial charge in [-0.05, 0) is 167 Å². The van der Waals surface area contributed by atoms with Gasteiger partial charge in [-0.15, -0.1) is 10.2 Å². The molecule has 1 amide bonds. The van der Waals surface area contributed by atoms with Crippen LogP contribution >= 0.6 is 0 Å². The summed E-state index contributed by atoms with van der Waals surface area (Å²) in [5, 5.41) is 19.7. The second kappa shape index (κ2) is 27.3. The van der Waals surface area contributed by atoms with Gasteiger partial charge >= 0.3 is 12.1 Å². The number of nitrogens with zero attached hydrogens (tertiary/aromatic N) is 6. The van der Waals surface area contributed by atoms with Crippen molar-refractivity contribution in [1.82, 2.24) is 35.3 Å². The molecule has 0 spiro atoms. The van der Waals surface area contributed by atoms with Gasteiger partial charge < -0.3 is 35.7 Å². The summed E-state index contributed by atoms with van der Waals surface area (Å²) < 4.78 is 25.0. The molecule has 8 bridgehead atoms. The third-order valence-electron chi connectivity index (χ3n) is 14.9. The highest BCUT2D eigenvalue weighted by Gasteiger charge is 2.34. The molecule has 10 aliphatic rings. The first-order valence-corrected chi connectivity index (χ1v) is 28.0. The van der Waals surface area contributed by atoms with Crippen molar-refractivity contribution in [1.29, 1.82) is 0 Å². The topological polar surface area (TPSA) is 231 Å². The predicted molar refractivity (Wildman–Crippen MR) is 300 cm³/mol. The molecule has 2 aromatic heterocycles. The molecule has 17 nitrogen and oxygen atoms in total. The number of ether oxygens (including phenoxy) is 4. The first-order chi connectivity index (χ1) is 37.9.